The number of aromatic nitrogens is 1. The molecule has 1 aromatic heterocycles. The van der Waals surface area contributed by atoms with E-state index >= 15 is 0 Å². The zero-order valence-electron chi connectivity index (χ0n) is 22.2. The molecule has 4 rings (SSSR count). The molecule has 0 spiro atoms. The molecule has 3 aromatic carbocycles. The van der Waals surface area contributed by atoms with Crippen molar-refractivity contribution >= 4 is 27.8 Å². The minimum Gasteiger partial charge on any atom is -0.497 e. The van der Waals surface area contributed by atoms with E-state index in [-0.39, 0.29) is 0 Å². The molecule has 0 aliphatic rings. The number of methoxy groups -OCH3 is 4. The number of phenolic OH excluding ortho intramolecular Hbond substituents is 1. The van der Waals surface area contributed by atoms with E-state index < -0.39 is 37.6 Å². The average Bonchev–Trinajstić information content (AvgIpc) is 2.96. The Hall–Kier alpha value is -5.73. The molecule has 0 saturated carbocycles. The van der Waals surface area contributed by atoms with E-state index in [0.29, 0.717) is 41.6 Å². The third-order valence-electron chi connectivity index (χ3n) is 5.83. The van der Waals surface area contributed by atoms with E-state index in [0.717, 1.165) is 22.0 Å². The van der Waals surface area contributed by atoms with Crippen LogP contribution in [0.3, 0.4) is 0 Å². The molecule has 0 aliphatic carbocycles. The van der Waals surface area contributed by atoms with Crippen molar-refractivity contribution in [2.24, 2.45) is 0 Å². The number of ether oxygens (including phenoxy) is 4. The third kappa shape index (κ3) is 6.65. The number of pyridine rings is 1. The van der Waals surface area contributed by atoms with Gasteiger partial charge in [0.2, 0.25) is 0 Å². The lowest BCUT2D eigenvalue weighted by molar-refractivity contribution is -0.404. The lowest BCUT2D eigenvalue weighted by Gasteiger charge is -2.12. The SMILES string of the molecule is COc1ccc(Cc2nccc3cc(OC)c(OC)cc23)cc1OC.O=[N+]([O-])c1cc([N+](=O)[O-])c(O)c([N+](=O)[O-])c1. The maximum atomic E-state index is 10.4. The number of hydrogen-bond donors (Lipinski definition) is 1. The maximum Gasteiger partial charge on any atom is 0.324 e. The van der Waals surface area contributed by atoms with Crippen LogP contribution in [0, 0.1) is 30.3 Å². The molecule has 0 saturated heterocycles. The maximum absolute atomic E-state index is 10.4. The zero-order chi connectivity index (χ0) is 30.3. The standard InChI is InChI=1S/C20H21NO4.C6H3N3O7/c1-22-17-6-5-13(10-18(17)23-2)9-16-15-12-20(25-4)19(24-3)11-14(15)7-8-21-16;10-6-4(8(13)14)1-3(7(11)12)2-5(6)9(15)16/h5-8,10-12H,9H2,1-4H3;1-2,10H. The van der Waals surface area contributed by atoms with Gasteiger partial charge in [0.05, 0.1) is 61.0 Å². The molecule has 0 radical (unpaired) electrons. The molecule has 1 heterocycles. The van der Waals surface area contributed by atoms with Gasteiger partial charge < -0.3 is 24.1 Å². The number of aromatic hydroxyl groups is 1. The largest absolute Gasteiger partial charge is 0.497 e. The van der Waals surface area contributed by atoms with Gasteiger partial charge in [-0.25, -0.2) is 0 Å². The van der Waals surface area contributed by atoms with Crippen LogP contribution in [0.5, 0.6) is 28.7 Å². The van der Waals surface area contributed by atoms with Crippen LogP contribution in [0.2, 0.25) is 0 Å². The van der Waals surface area contributed by atoms with Gasteiger partial charge in [-0.1, -0.05) is 6.07 Å². The molecule has 15 nitrogen and oxygen atoms in total. The second-order valence-corrected chi connectivity index (χ2v) is 8.16. The summed E-state index contributed by atoms with van der Waals surface area (Å²) in [6.45, 7) is 0. The smallest absolute Gasteiger partial charge is 0.324 e. The Morgan fingerprint density at radius 3 is 1.76 bits per heavy atom. The second-order valence-electron chi connectivity index (χ2n) is 8.16. The monoisotopic (exact) mass is 568 g/mol. The highest BCUT2D eigenvalue weighted by Gasteiger charge is 2.30. The Bertz CT molecular complexity index is 1590. The molecule has 15 heteroatoms. The number of hydrogen-bond acceptors (Lipinski definition) is 12. The highest BCUT2D eigenvalue weighted by Crippen LogP contribution is 2.39. The first kappa shape index (κ1) is 29.8. The fraction of sp³-hybridized carbons (Fsp3) is 0.192. The van der Waals surface area contributed by atoms with E-state index in [9.17, 15) is 30.3 Å². The van der Waals surface area contributed by atoms with Crippen molar-refractivity contribution < 1.29 is 38.8 Å². The molecule has 214 valence electrons. The molecule has 0 fully saturated rings. The number of non-ortho nitro benzene ring substituents is 1. The molecule has 0 atom stereocenters. The van der Waals surface area contributed by atoms with Gasteiger partial charge >= 0.3 is 11.4 Å². The lowest BCUT2D eigenvalue weighted by Crippen LogP contribution is -1.97. The third-order valence-corrected chi connectivity index (χ3v) is 5.83. The molecule has 41 heavy (non-hydrogen) atoms. The Morgan fingerprint density at radius 2 is 1.24 bits per heavy atom. The number of nitrogens with zero attached hydrogens (tertiary/aromatic N) is 4. The first-order valence-corrected chi connectivity index (χ1v) is 11.5. The normalized spacial score (nSPS) is 10.2. The van der Waals surface area contributed by atoms with Crippen LogP contribution in [-0.2, 0) is 6.42 Å². The highest BCUT2D eigenvalue weighted by molar-refractivity contribution is 5.88. The van der Waals surface area contributed by atoms with Crippen LogP contribution in [0.25, 0.3) is 10.8 Å². The average molecular weight is 568 g/mol. The molecule has 0 amide bonds. The van der Waals surface area contributed by atoms with Gasteiger partial charge in [0, 0.05) is 18.0 Å². The fourth-order valence-electron chi connectivity index (χ4n) is 3.86. The van der Waals surface area contributed by atoms with Gasteiger partial charge in [0.25, 0.3) is 11.4 Å². The lowest BCUT2D eigenvalue weighted by atomic mass is 10.0. The molecule has 0 unspecified atom stereocenters. The molecule has 0 aliphatic heterocycles. The first-order valence-electron chi connectivity index (χ1n) is 11.5. The number of fused-ring (bicyclic) bond motifs is 1. The second kappa shape index (κ2) is 12.9. The Balaban J connectivity index is 0.000000250. The van der Waals surface area contributed by atoms with E-state index in [1.807, 2.05) is 42.6 Å². The summed E-state index contributed by atoms with van der Waals surface area (Å²) in [5.74, 6) is 1.61. The molecule has 1 N–H and O–H groups in total. The van der Waals surface area contributed by atoms with Crippen LogP contribution < -0.4 is 18.9 Å². The summed E-state index contributed by atoms with van der Waals surface area (Å²) < 4.78 is 21.5. The van der Waals surface area contributed by atoms with Gasteiger partial charge in [0.15, 0.2) is 23.0 Å². The minimum absolute atomic E-state index is 0.447. The van der Waals surface area contributed by atoms with E-state index in [2.05, 4.69) is 4.98 Å². The number of phenols is 1. The van der Waals surface area contributed by atoms with E-state index in [1.54, 1.807) is 28.4 Å². The summed E-state index contributed by atoms with van der Waals surface area (Å²) in [6, 6.07) is 12.7. The highest BCUT2D eigenvalue weighted by atomic mass is 16.6. The van der Waals surface area contributed by atoms with Gasteiger partial charge in [0.1, 0.15) is 0 Å². The molecule has 4 aromatic rings. The quantitative estimate of drug-likeness (QED) is 0.210. The van der Waals surface area contributed by atoms with Crippen molar-refractivity contribution in [3.63, 3.8) is 0 Å². The van der Waals surface area contributed by atoms with Gasteiger partial charge in [-0.05, 0) is 41.3 Å². The van der Waals surface area contributed by atoms with Crippen LogP contribution in [0.1, 0.15) is 11.3 Å². The summed E-state index contributed by atoms with van der Waals surface area (Å²) >= 11 is 0. The predicted molar refractivity (Wildman–Crippen MR) is 145 cm³/mol. The summed E-state index contributed by atoms with van der Waals surface area (Å²) in [7, 11) is 6.53. The van der Waals surface area contributed by atoms with Crippen molar-refractivity contribution in [2.75, 3.05) is 28.4 Å². The Labute approximate surface area is 231 Å². The van der Waals surface area contributed by atoms with Crippen LogP contribution in [-0.4, -0.2) is 53.3 Å². The molecular formula is C26H24N4O11. The van der Waals surface area contributed by atoms with Gasteiger partial charge in [-0.3, -0.25) is 35.3 Å². The van der Waals surface area contributed by atoms with Crippen LogP contribution in [0.15, 0.2) is 54.7 Å². The topological polar surface area (TPSA) is 199 Å². The Morgan fingerprint density at radius 1 is 0.707 bits per heavy atom. The summed E-state index contributed by atoms with van der Waals surface area (Å²) in [5, 5.41) is 42.3. The van der Waals surface area contributed by atoms with Crippen molar-refractivity contribution in [1.82, 2.24) is 4.98 Å². The Kier molecular flexibility index (Phi) is 9.37. The fourth-order valence-corrected chi connectivity index (χ4v) is 3.86. The van der Waals surface area contributed by atoms with Crippen LogP contribution >= 0.6 is 0 Å². The number of rotatable bonds is 9. The first-order chi connectivity index (χ1) is 19.5. The predicted octanol–water partition coefficient (Wildman–Crippen LogP) is 4.98. The number of benzene rings is 3. The minimum atomic E-state index is -1.21. The summed E-state index contributed by atoms with van der Waals surface area (Å²) in [4.78, 5) is 32.3. The number of nitro benzene ring substituents is 3. The van der Waals surface area contributed by atoms with E-state index in [4.69, 9.17) is 24.1 Å². The van der Waals surface area contributed by atoms with Gasteiger partial charge in [-0.15, -0.1) is 0 Å². The summed E-state index contributed by atoms with van der Waals surface area (Å²) in [5.41, 5.74) is -0.948. The van der Waals surface area contributed by atoms with Crippen LogP contribution in [0.4, 0.5) is 17.1 Å². The number of nitro groups is 3. The molecule has 0 bridgehead atoms. The zero-order valence-corrected chi connectivity index (χ0v) is 22.2. The van der Waals surface area contributed by atoms with Gasteiger partial charge in [-0.2, -0.15) is 0 Å². The van der Waals surface area contributed by atoms with Crippen molar-refractivity contribution in [3.05, 3.63) is 96.3 Å². The molecular weight excluding hydrogens is 544 g/mol. The van der Waals surface area contributed by atoms with E-state index in [1.165, 1.54) is 0 Å². The van der Waals surface area contributed by atoms with Crippen molar-refractivity contribution in [1.29, 1.82) is 0 Å². The summed E-state index contributed by atoms with van der Waals surface area (Å²) in [6.07, 6.45) is 2.48. The van der Waals surface area contributed by atoms with Crippen molar-refractivity contribution in [3.8, 4) is 28.7 Å². The van der Waals surface area contributed by atoms with Crippen molar-refractivity contribution in [2.45, 2.75) is 6.42 Å².